The molecule has 0 aliphatic rings. The lowest BCUT2D eigenvalue weighted by Crippen LogP contribution is -2.03. The molecule has 0 aliphatic carbocycles. The second-order valence-electron chi connectivity index (χ2n) is 5.97. The van der Waals surface area contributed by atoms with Crippen molar-refractivity contribution in [3.05, 3.63) is 71.8 Å². The standard InChI is InChI=1S/C23H25NO2/c1-2-20-12-15-22(16-13-20)24-18-8-3-4-9-19-26-23(25)17-14-21-10-6-5-7-11-21/h1,5-7,10-17,24H,3-4,8-9,18-19H2. The Balaban J connectivity index is 1.48. The largest absolute Gasteiger partial charge is 0.463 e. The Hall–Kier alpha value is -2.99. The Labute approximate surface area is 156 Å². The average Bonchev–Trinajstić information content (AvgIpc) is 2.69. The Morgan fingerprint density at radius 1 is 1.00 bits per heavy atom. The van der Waals surface area contributed by atoms with Gasteiger partial charge in [0.1, 0.15) is 0 Å². The lowest BCUT2D eigenvalue weighted by molar-refractivity contribution is -0.137. The van der Waals surface area contributed by atoms with Crippen molar-refractivity contribution in [2.75, 3.05) is 18.5 Å². The number of unbranched alkanes of at least 4 members (excludes halogenated alkanes) is 3. The van der Waals surface area contributed by atoms with Crippen LogP contribution in [0.2, 0.25) is 0 Å². The lowest BCUT2D eigenvalue weighted by atomic mass is 10.2. The van der Waals surface area contributed by atoms with Gasteiger partial charge in [-0.25, -0.2) is 4.79 Å². The summed E-state index contributed by atoms with van der Waals surface area (Å²) >= 11 is 0. The number of carbonyl (C=O) groups is 1. The first kappa shape index (κ1) is 19.3. The molecule has 0 unspecified atom stereocenters. The molecule has 0 aliphatic heterocycles. The zero-order valence-corrected chi connectivity index (χ0v) is 15.0. The number of hydrogen-bond acceptors (Lipinski definition) is 3. The molecule has 3 heteroatoms. The normalized spacial score (nSPS) is 10.4. The molecule has 0 atom stereocenters. The van der Waals surface area contributed by atoms with Crippen LogP contribution >= 0.6 is 0 Å². The lowest BCUT2D eigenvalue weighted by Gasteiger charge is -2.06. The highest BCUT2D eigenvalue weighted by atomic mass is 16.5. The molecule has 26 heavy (non-hydrogen) atoms. The van der Waals surface area contributed by atoms with Crippen LogP contribution in [0.3, 0.4) is 0 Å². The fourth-order valence-electron chi connectivity index (χ4n) is 2.45. The van der Waals surface area contributed by atoms with Gasteiger partial charge in [0.15, 0.2) is 0 Å². The quantitative estimate of drug-likeness (QED) is 0.288. The van der Waals surface area contributed by atoms with Gasteiger partial charge in [0, 0.05) is 23.9 Å². The maximum atomic E-state index is 11.6. The first-order valence-corrected chi connectivity index (χ1v) is 8.98. The van der Waals surface area contributed by atoms with Gasteiger partial charge in [-0.15, -0.1) is 6.42 Å². The highest BCUT2D eigenvalue weighted by molar-refractivity contribution is 5.86. The molecule has 1 N–H and O–H groups in total. The van der Waals surface area contributed by atoms with Crippen molar-refractivity contribution < 1.29 is 9.53 Å². The molecule has 0 spiro atoms. The Morgan fingerprint density at radius 3 is 2.46 bits per heavy atom. The number of rotatable bonds is 10. The van der Waals surface area contributed by atoms with Gasteiger partial charge in [-0.3, -0.25) is 0 Å². The van der Waals surface area contributed by atoms with Gasteiger partial charge >= 0.3 is 5.97 Å². The van der Waals surface area contributed by atoms with Crippen molar-refractivity contribution >= 4 is 17.7 Å². The minimum Gasteiger partial charge on any atom is -0.463 e. The Bertz CT molecular complexity index is 727. The molecule has 0 bridgehead atoms. The number of hydrogen-bond donors (Lipinski definition) is 1. The van der Waals surface area contributed by atoms with Gasteiger partial charge in [0.25, 0.3) is 0 Å². The summed E-state index contributed by atoms with van der Waals surface area (Å²) in [5.41, 5.74) is 2.97. The molecule has 0 heterocycles. The Morgan fingerprint density at radius 2 is 1.73 bits per heavy atom. The summed E-state index contributed by atoms with van der Waals surface area (Å²) in [5, 5.41) is 3.37. The van der Waals surface area contributed by atoms with E-state index in [1.165, 1.54) is 6.08 Å². The first-order chi connectivity index (χ1) is 12.8. The summed E-state index contributed by atoms with van der Waals surface area (Å²) in [6.45, 7) is 1.40. The number of esters is 1. The third-order valence-electron chi connectivity index (χ3n) is 3.91. The second kappa shape index (κ2) is 11.5. The van der Waals surface area contributed by atoms with Crippen LogP contribution in [0.4, 0.5) is 5.69 Å². The molecule has 0 saturated carbocycles. The van der Waals surface area contributed by atoms with E-state index in [4.69, 9.17) is 11.2 Å². The molecule has 0 fully saturated rings. The van der Waals surface area contributed by atoms with Crippen molar-refractivity contribution in [2.24, 2.45) is 0 Å². The second-order valence-corrected chi connectivity index (χ2v) is 5.97. The smallest absolute Gasteiger partial charge is 0.330 e. The molecule has 2 aromatic rings. The van der Waals surface area contributed by atoms with Crippen LogP contribution in [0, 0.1) is 12.3 Å². The third-order valence-corrected chi connectivity index (χ3v) is 3.91. The number of ether oxygens (including phenoxy) is 1. The van der Waals surface area contributed by atoms with E-state index in [-0.39, 0.29) is 5.97 Å². The molecular weight excluding hydrogens is 322 g/mol. The molecule has 2 rings (SSSR count). The average molecular weight is 347 g/mol. The van der Waals surface area contributed by atoms with E-state index in [1.807, 2.05) is 54.6 Å². The van der Waals surface area contributed by atoms with Crippen molar-refractivity contribution in [1.29, 1.82) is 0 Å². The number of anilines is 1. The number of nitrogens with one attached hydrogen (secondary N) is 1. The van der Waals surface area contributed by atoms with Crippen molar-refractivity contribution in [3.8, 4) is 12.3 Å². The van der Waals surface area contributed by atoms with Gasteiger partial charge < -0.3 is 10.1 Å². The molecular formula is C23H25NO2. The van der Waals surface area contributed by atoms with Crippen LogP contribution in [0.25, 0.3) is 6.08 Å². The van der Waals surface area contributed by atoms with Crippen LogP contribution in [0.5, 0.6) is 0 Å². The zero-order valence-electron chi connectivity index (χ0n) is 15.0. The van der Waals surface area contributed by atoms with Crippen molar-refractivity contribution in [1.82, 2.24) is 0 Å². The summed E-state index contributed by atoms with van der Waals surface area (Å²) in [6, 6.07) is 17.6. The predicted molar refractivity (Wildman–Crippen MR) is 108 cm³/mol. The van der Waals surface area contributed by atoms with Gasteiger partial charge in [-0.2, -0.15) is 0 Å². The van der Waals surface area contributed by atoms with Crippen LogP contribution < -0.4 is 5.32 Å². The van der Waals surface area contributed by atoms with E-state index in [9.17, 15) is 4.79 Å². The SMILES string of the molecule is C#Cc1ccc(NCCCCCCOC(=O)C=Cc2ccccc2)cc1. The molecule has 134 valence electrons. The van der Waals surface area contributed by atoms with Crippen LogP contribution in [0.1, 0.15) is 36.8 Å². The highest BCUT2D eigenvalue weighted by Crippen LogP contribution is 2.09. The number of benzene rings is 2. The van der Waals surface area contributed by atoms with Gasteiger partial charge in [-0.1, -0.05) is 42.7 Å². The zero-order chi connectivity index (χ0) is 18.5. The maximum absolute atomic E-state index is 11.6. The molecule has 0 saturated heterocycles. The van der Waals surface area contributed by atoms with E-state index in [1.54, 1.807) is 6.08 Å². The fourth-order valence-corrected chi connectivity index (χ4v) is 2.45. The molecule has 0 amide bonds. The maximum Gasteiger partial charge on any atom is 0.330 e. The number of terminal acetylenes is 1. The summed E-state index contributed by atoms with van der Waals surface area (Å²) in [5.74, 6) is 2.32. The minimum atomic E-state index is -0.286. The molecule has 3 nitrogen and oxygen atoms in total. The van der Waals surface area contributed by atoms with Crippen molar-refractivity contribution in [2.45, 2.75) is 25.7 Å². The summed E-state index contributed by atoms with van der Waals surface area (Å²) in [7, 11) is 0. The van der Waals surface area contributed by atoms with Crippen LogP contribution in [0.15, 0.2) is 60.7 Å². The molecule has 2 aromatic carbocycles. The topological polar surface area (TPSA) is 38.3 Å². The summed E-state index contributed by atoms with van der Waals surface area (Å²) < 4.78 is 5.20. The van der Waals surface area contributed by atoms with Gasteiger partial charge in [0.05, 0.1) is 6.61 Å². The van der Waals surface area contributed by atoms with Gasteiger partial charge in [0.2, 0.25) is 0 Å². The van der Waals surface area contributed by atoms with E-state index in [0.717, 1.165) is 49.0 Å². The summed E-state index contributed by atoms with van der Waals surface area (Å²) in [4.78, 5) is 11.6. The van der Waals surface area contributed by atoms with Crippen LogP contribution in [-0.2, 0) is 9.53 Å². The molecule has 0 aromatic heterocycles. The summed E-state index contributed by atoms with van der Waals surface area (Å²) in [6.07, 6.45) is 12.7. The van der Waals surface area contributed by atoms with E-state index < -0.39 is 0 Å². The van der Waals surface area contributed by atoms with E-state index >= 15 is 0 Å². The van der Waals surface area contributed by atoms with E-state index in [2.05, 4.69) is 11.2 Å². The fraction of sp³-hybridized carbons (Fsp3) is 0.261. The predicted octanol–water partition coefficient (Wildman–Crippen LogP) is 4.90. The monoisotopic (exact) mass is 347 g/mol. The third kappa shape index (κ3) is 7.72. The number of carbonyl (C=O) groups excluding carboxylic acids is 1. The highest BCUT2D eigenvalue weighted by Gasteiger charge is 1.98. The van der Waals surface area contributed by atoms with Crippen LogP contribution in [-0.4, -0.2) is 19.1 Å². The van der Waals surface area contributed by atoms with Gasteiger partial charge in [-0.05, 0) is 55.2 Å². The Kier molecular flexibility index (Phi) is 8.59. The first-order valence-electron chi connectivity index (χ1n) is 8.98. The van der Waals surface area contributed by atoms with Crippen molar-refractivity contribution in [3.63, 3.8) is 0 Å². The minimum absolute atomic E-state index is 0.286. The molecule has 0 radical (unpaired) electrons. The van der Waals surface area contributed by atoms with E-state index in [0.29, 0.717) is 6.61 Å².